The molecular formula is C16H16ClN5O4S2. The normalized spacial score (nSPS) is 27.8. The van der Waals surface area contributed by atoms with Gasteiger partial charge in [-0.1, -0.05) is 28.6 Å². The van der Waals surface area contributed by atoms with Crippen molar-refractivity contribution < 1.29 is 20.1 Å². The van der Waals surface area contributed by atoms with E-state index in [9.17, 15) is 15.3 Å². The summed E-state index contributed by atoms with van der Waals surface area (Å²) in [4.78, 5) is 8.88. The van der Waals surface area contributed by atoms with Gasteiger partial charge in [0, 0.05) is 28.9 Å². The zero-order valence-corrected chi connectivity index (χ0v) is 16.6. The molecule has 148 valence electrons. The molecule has 4 rings (SSSR count). The van der Waals surface area contributed by atoms with Gasteiger partial charge < -0.3 is 20.1 Å². The molecule has 5 atom stereocenters. The molecule has 0 aromatic carbocycles. The predicted molar refractivity (Wildman–Crippen MR) is 103 cm³/mol. The minimum absolute atomic E-state index is 0.413. The Bertz CT molecular complexity index is 927. The number of thiazole rings is 1. The molecule has 3 aromatic heterocycles. The van der Waals surface area contributed by atoms with Crippen molar-refractivity contribution in [2.75, 3.05) is 6.61 Å². The lowest BCUT2D eigenvalue weighted by atomic mass is 9.97. The van der Waals surface area contributed by atoms with E-state index in [1.54, 1.807) is 24.7 Å². The van der Waals surface area contributed by atoms with Crippen molar-refractivity contribution in [2.45, 2.75) is 34.7 Å². The lowest BCUT2D eigenvalue weighted by Crippen LogP contribution is -2.55. The summed E-state index contributed by atoms with van der Waals surface area (Å²) in [6.45, 7) is -0.413. The van der Waals surface area contributed by atoms with Gasteiger partial charge in [0.15, 0.2) is 0 Å². The molecule has 0 radical (unpaired) electrons. The quantitative estimate of drug-likeness (QED) is 0.535. The van der Waals surface area contributed by atoms with E-state index >= 15 is 0 Å². The van der Waals surface area contributed by atoms with E-state index in [2.05, 4.69) is 20.3 Å². The molecule has 1 fully saturated rings. The number of rotatable bonds is 5. The second-order valence-corrected chi connectivity index (χ2v) is 8.58. The number of aliphatic hydroxyl groups is 3. The van der Waals surface area contributed by atoms with Gasteiger partial charge in [0.25, 0.3) is 0 Å². The lowest BCUT2D eigenvalue weighted by Gasteiger charge is -2.41. The number of aliphatic hydroxyl groups excluding tert-OH is 3. The fourth-order valence-electron chi connectivity index (χ4n) is 2.94. The molecule has 0 saturated carbocycles. The van der Waals surface area contributed by atoms with Crippen LogP contribution in [-0.2, 0) is 4.74 Å². The van der Waals surface area contributed by atoms with Crippen LogP contribution < -0.4 is 0 Å². The molecule has 0 aliphatic carbocycles. The lowest BCUT2D eigenvalue weighted by molar-refractivity contribution is -0.178. The molecule has 4 heterocycles. The first-order chi connectivity index (χ1) is 13.6. The van der Waals surface area contributed by atoms with Gasteiger partial charge in [-0.3, -0.25) is 4.98 Å². The predicted octanol–water partition coefficient (Wildman–Crippen LogP) is 1.22. The summed E-state index contributed by atoms with van der Waals surface area (Å²) >= 11 is 8.57. The van der Waals surface area contributed by atoms with Crippen LogP contribution >= 0.6 is 34.7 Å². The molecule has 3 aromatic rings. The van der Waals surface area contributed by atoms with Gasteiger partial charge in [0.1, 0.15) is 40.5 Å². The Hall–Kier alpha value is -1.60. The first-order valence-electron chi connectivity index (χ1n) is 8.28. The summed E-state index contributed by atoms with van der Waals surface area (Å²) in [5.41, 5.74) is -0.247. The molecule has 1 aliphatic heterocycles. The van der Waals surface area contributed by atoms with Gasteiger partial charge >= 0.3 is 0 Å². The molecule has 12 heteroatoms. The summed E-state index contributed by atoms with van der Waals surface area (Å²) in [5, 5.41) is 42.2. The van der Waals surface area contributed by atoms with Crippen LogP contribution in [0.2, 0.25) is 5.02 Å². The average Bonchev–Trinajstić information content (AvgIpc) is 3.36. The van der Waals surface area contributed by atoms with Gasteiger partial charge in [-0.15, -0.1) is 16.4 Å². The van der Waals surface area contributed by atoms with E-state index in [1.807, 2.05) is 5.38 Å². The molecule has 0 bridgehead atoms. The Balaban J connectivity index is 1.61. The highest BCUT2D eigenvalue weighted by atomic mass is 35.5. The van der Waals surface area contributed by atoms with Crippen molar-refractivity contribution in [1.29, 1.82) is 0 Å². The Morgan fingerprint density at radius 2 is 2.14 bits per heavy atom. The number of nitrogens with zero attached hydrogens (tertiary/aromatic N) is 5. The van der Waals surface area contributed by atoms with Crippen LogP contribution in [-0.4, -0.2) is 70.6 Å². The van der Waals surface area contributed by atoms with E-state index < -0.39 is 36.4 Å². The van der Waals surface area contributed by atoms with Gasteiger partial charge in [-0.05, 0) is 6.07 Å². The Kier molecular flexibility index (Phi) is 5.92. The highest BCUT2D eigenvalue weighted by molar-refractivity contribution is 7.99. The smallest absolute Gasteiger partial charge is 0.145 e. The van der Waals surface area contributed by atoms with Crippen molar-refractivity contribution in [1.82, 2.24) is 25.0 Å². The third-order valence-corrected chi connectivity index (χ3v) is 6.37. The van der Waals surface area contributed by atoms with Crippen LogP contribution in [0.15, 0.2) is 41.1 Å². The number of pyridine rings is 1. The fraction of sp³-hybridized carbons (Fsp3) is 0.375. The van der Waals surface area contributed by atoms with E-state index in [0.29, 0.717) is 20.6 Å². The van der Waals surface area contributed by atoms with Crippen molar-refractivity contribution in [3.05, 3.63) is 41.3 Å². The maximum Gasteiger partial charge on any atom is 0.145 e. The Morgan fingerprint density at radius 3 is 2.86 bits per heavy atom. The number of thioether (sulfide) groups is 1. The van der Waals surface area contributed by atoms with Crippen LogP contribution in [0.1, 0.15) is 6.04 Å². The molecule has 28 heavy (non-hydrogen) atoms. The number of hydrogen-bond donors (Lipinski definition) is 3. The maximum atomic E-state index is 10.9. The molecule has 0 spiro atoms. The number of halogens is 1. The van der Waals surface area contributed by atoms with Crippen LogP contribution in [0.5, 0.6) is 0 Å². The van der Waals surface area contributed by atoms with E-state index in [0.717, 1.165) is 0 Å². The van der Waals surface area contributed by atoms with Gasteiger partial charge in [-0.25, -0.2) is 9.67 Å². The minimum Gasteiger partial charge on any atom is -0.394 e. The summed E-state index contributed by atoms with van der Waals surface area (Å²) in [7, 11) is 0. The minimum atomic E-state index is -1.18. The van der Waals surface area contributed by atoms with Crippen LogP contribution in [0.3, 0.4) is 0 Å². The fourth-order valence-corrected chi connectivity index (χ4v) is 4.85. The maximum absolute atomic E-state index is 10.9. The van der Waals surface area contributed by atoms with Crippen LogP contribution in [0.4, 0.5) is 0 Å². The average molecular weight is 442 g/mol. The first kappa shape index (κ1) is 19.7. The third-order valence-electron chi connectivity index (χ3n) is 4.25. The molecule has 1 saturated heterocycles. The highest BCUT2D eigenvalue weighted by Crippen LogP contribution is 2.38. The summed E-state index contributed by atoms with van der Waals surface area (Å²) in [6.07, 6.45) is 3.15. The number of hydrogen-bond acceptors (Lipinski definition) is 10. The second kappa shape index (κ2) is 8.41. The van der Waals surface area contributed by atoms with Crippen molar-refractivity contribution >= 4 is 34.7 Å². The Morgan fingerprint density at radius 1 is 1.29 bits per heavy atom. The molecule has 1 aliphatic rings. The number of ether oxygens (including phenoxy) is 1. The topological polar surface area (TPSA) is 126 Å². The SMILES string of the molecule is OCC1O[C@H](Sc2cncc(Cl)c2)C(O)[C@@H](n2cc(-c3nccs3)nn2)[C@H]1O. The summed E-state index contributed by atoms with van der Waals surface area (Å²) < 4.78 is 7.09. The largest absolute Gasteiger partial charge is 0.394 e. The van der Waals surface area contributed by atoms with Crippen LogP contribution in [0, 0.1) is 0 Å². The molecule has 0 amide bonds. The monoisotopic (exact) mass is 441 g/mol. The van der Waals surface area contributed by atoms with Crippen molar-refractivity contribution in [3.63, 3.8) is 0 Å². The summed E-state index contributed by atoms with van der Waals surface area (Å²) in [5.74, 6) is 0. The van der Waals surface area contributed by atoms with Crippen molar-refractivity contribution in [3.8, 4) is 10.7 Å². The highest BCUT2D eigenvalue weighted by Gasteiger charge is 2.46. The standard InChI is InChI=1S/C16H16ClN5O4S2/c17-8-3-9(5-18-4-8)28-16-14(25)12(13(24)11(7-23)26-16)22-6-10(20-21-22)15-19-1-2-27-15/h1-6,11-14,16,23-25H,7H2/t11?,12-,13-,14?,16+/m0/s1. The zero-order chi connectivity index (χ0) is 19.7. The van der Waals surface area contributed by atoms with Crippen LogP contribution in [0.25, 0.3) is 10.7 Å². The second-order valence-electron chi connectivity index (χ2n) is 6.08. The third kappa shape index (κ3) is 3.92. The zero-order valence-electron chi connectivity index (χ0n) is 14.2. The van der Waals surface area contributed by atoms with Gasteiger partial charge in [0.05, 0.1) is 17.8 Å². The van der Waals surface area contributed by atoms with E-state index in [1.165, 1.54) is 34.0 Å². The van der Waals surface area contributed by atoms with E-state index in [-0.39, 0.29) is 0 Å². The molecular weight excluding hydrogens is 426 g/mol. The van der Waals surface area contributed by atoms with Gasteiger partial charge in [0.2, 0.25) is 0 Å². The first-order valence-corrected chi connectivity index (χ1v) is 10.4. The van der Waals surface area contributed by atoms with E-state index in [4.69, 9.17) is 16.3 Å². The molecule has 3 N–H and O–H groups in total. The Labute approximate surface area is 173 Å². The number of aromatic nitrogens is 5. The summed E-state index contributed by atoms with van der Waals surface area (Å²) in [6, 6.07) is 0.830. The molecule has 2 unspecified atom stereocenters. The molecule has 9 nitrogen and oxygen atoms in total. The van der Waals surface area contributed by atoms with Crippen molar-refractivity contribution in [2.24, 2.45) is 0 Å². The van der Waals surface area contributed by atoms with Gasteiger partial charge in [-0.2, -0.15) is 0 Å².